The first kappa shape index (κ1) is 16.4. The van der Waals surface area contributed by atoms with E-state index >= 15 is 0 Å². The number of aryl methyl sites for hydroxylation is 1. The van der Waals surface area contributed by atoms with E-state index in [0.717, 1.165) is 0 Å². The molecule has 0 heterocycles. The maximum Gasteiger partial charge on any atom is -0.0398 e. The Bertz CT molecular complexity index is 237. The standard InChI is InChI=1S/C7H8.C6H12.C2H6/c1-7-5-3-2-4-6-7;1-5(2)6(3)4;1-2/h2-6H,1H3;1-4H3;1-2H3. The molecule has 0 unspecified atom stereocenters. The quantitative estimate of drug-likeness (QED) is 0.500. The van der Waals surface area contributed by atoms with Crippen molar-refractivity contribution in [3.8, 4) is 0 Å². The van der Waals surface area contributed by atoms with E-state index in [1.165, 1.54) is 16.7 Å². The largest absolute Gasteiger partial charge is 0.0778 e. The second-order valence-corrected chi connectivity index (χ2v) is 3.65. The fourth-order valence-electron chi connectivity index (χ4n) is 0.534. The zero-order valence-electron chi connectivity index (χ0n) is 11.4. The summed E-state index contributed by atoms with van der Waals surface area (Å²) in [6.45, 7) is 14.6. The first-order chi connectivity index (χ1) is 7.04. The molecule has 0 saturated heterocycles. The van der Waals surface area contributed by atoms with Crippen molar-refractivity contribution in [3.05, 3.63) is 47.0 Å². The van der Waals surface area contributed by atoms with Gasteiger partial charge in [0.05, 0.1) is 0 Å². The molecule has 0 heteroatoms. The van der Waals surface area contributed by atoms with E-state index in [4.69, 9.17) is 0 Å². The molecule has 0 saturated carbocycles. The van der Waals surface area contributed by atoms with Gasteiger partial charge in [-0.25, -0.2) is 0 Å². The van der Waals surface area contributed by atoms with Gasteiger partial charge in [-0.1, -0.05) is 60.9 Å². The van der Waals surface area contributed by atoms with Gasteiger partial charge in [-0.15, -0.1) is 0 Å². The van der Waals surface area contributed by atoms with Crippen molar-refractivity contribution >= 4 is 0 Å². The topological polar surface area (TPSA) is 0 Å². The molecule has 0 N–H and O–H groups in total. The molecule has 1 rings (SSSR count). The highest BCUT2D eigenvalue weighted by atomic mass is 13.8. The molecule has 0 spiro atoms. The molecule has 0 amide bonds. The summed E-state index contributed by atoms with van der Waals surface area (Å²) >= 11 is 0. The molecule has 0 aliphatic carbocycles. The highest BCUT2D eigenvalue weighted by Crippen LogP contribution is 1.97. The summed E-state index contributed by atoms with van der Waals surface area (Å²) in [6, 6.07) is 10.3. The molecule has 1 aromatic rings. The second kappa shape index (κ2) is 11.0. The van der Waals surface area contributed by atoms with Gasteiger partial charge in [-0.05, 0) is 34.6 Å². The average Bonchev–Trinajstić information content (AvgIpc) is 2.22. The van der Waals surface area contributed by atoms with Crippen molar-refractivity contribution in [2.45, 2.75) is 48.5 Å². The van der Waals surface area contributed by atoms with E-state index in [1.807, 2.05) is 32.0 Å². The molecule has 0 aromatic heterocycles. The minimum absolute atomic E-state index is 1.32. The van der Waals surface area contributed by atoms with E-state index in [0.29, 0.717) is 0 Å². The summed E-state index contributed by atoms with van der Waals surface area (Å²) in [5, 5.41) is 0. The molecule has 0 bridgehead atoms. The lowest BCUT2D eigenvalue weighted by molar-refractivity contribution is 1.23. The van der Waals surface area contributed by atoms with Crippen LogP contribution in [0.5, 0.6) is 0 Å². The van der Waals surface area contributed by atoms with Gasteiger partial charge in [0.25, 0.3) is 0 Å². The van der Waals surface area contributed by atoms with Crippen LogP contribution in [0.2, 0.25) is 0 Å². The SMILES string of the molecule is CC.CC(C)=C(C)C.Cc1ccccc1. The first-order valence-electron chi connectivity index (χ1n) is 5.66. The predicted molar refractivity (Wildman–Crippen MR) is 72.2 cm³/mol. The van der Waals surface area contributed by atoms with Crippen LogP contribution in [0.25, 0.3) is 0 Å². The summed E-state index contributed by atoms with van der Waals surface area (Å²) in [6.07, 6.45) is 0. The first-order valence-corrected chi connectivity index (χ1v) is 5.66. The van der Waals surface area contributed by atoms with Crippen LogP contribution in [-0.2, 0) is 0 Å². The molecular formula is C15H26. The smallest absolute Gasteiger partial charge is 0.0398 e. The fraction of sp³-hybridized carbons (Fsp3) is 0.467. The van der Waals surface area contributed by atoms with E-state index in [-0.39, 0.29) is 0 Å². The number of benzene rings is 1. The Morgan fingerprint density at radius 1 is 0.733 bits per heavy atom. The minimum Gasteiger partial charge on any atom is -0.0778 e. The van der Waals surface area contributed by atoms with E-state index < -0.39 is 0 Å². The van der Waals surface area contributed by atoms with Crippen LogP contribution in [0.3, 0.4) is 0 Å². The lowest BCUT2D eigenvalue weighted by Crippen LogP contribution is -1.66. The fourth-order valence-corrected chi connectivity index (χ4v) is 0.534. The van der Waals surface area contributed by atoms with Gasteiger partial charge >= 0.3 is 0 Å². The maximum atomic E-state index is 2.12. The molecule has 0 atom stereocenters. The normalized spacial score (nSPS) is 7.67. The molecule has 0 aliphatic heterocycles. The molecule has 0 nitrogen and oxygen atoms in total. The van der Waals surface area contributed by atoms with Crippen molar-refractivity contribution < 1.29 is 0 Å². The Morgan fingerprint density at radius 2 is 1.07 bits per heavy atom. The van der Waals surface area contributed by atoms with Gasteiger partial charge < -0.3 is 0 Å². The predicted octanol–water partition coefficient (Wildman–Crippen LogP) is 5.38. The van der Waals surface area contributed by atoms with Crippen LogP contribution in [0.15, 0.2) is 41.5 Å². The minimum atomic E-state index is 1.32. The number of rotatable bonds is 0. The Hall–Kier alpha value is -1.04. The average molecular weight is 206 g/mol. The van der Waals surface area contributed by atoms with E-state index in [9.17, 15) is 0 Å². The Kier molecular flexibility index (Phi) is 12.1. The molecule has 86 valence electrons. The second-order valence-electron chi connectivity index (χ2n) is 3.65. The van der Waals surface area contributed by atoms with E-state index in [1.54, 1.807) is 0 Å². The highest BCUT2D eigenvalue weighted by Gasteiger charge is 1.75. The summed E-state index contributed by atoms with van der Waals surface area (Å²) in [7, 11) is 0. The molecule has 0 radical (unpaired) electrons. The maximum absolute atomic E-state index is 2.12. The van der Waals surface area contributed by atoms with E-state index in [2.05, 4.69) is 46.8 Å². The van der Waals surface area contributed by atoms with Gasteiger partial charge in [0.2, 0.25) is 0 Å². The molecule has 15 heavy (non-hydrogen) atoms. The van der Waals surface area contributed by atoms with Crippen LogP contribution in [-0.4, -0.2) is 0 Å². The molecular weight excluding hydrogens is 180 g/mol. The Morgan fingerprint density at radius 3 is 1.20 bits per heavy atom. The van der Waals surface area contributed by atoms with Gasteiger partial charge in [0.15, 0.2) is 0 Å². The lowest BCUT2D eigenvalue weighted by Gasteiger charge is -1.88. The van der Waals surface area contributed by atoms with Crippen LogP contribution >= 0.6 is 0 Å². The molecule has 1 aromatic carbocycles. The molecule has 0 fully saturated rings. The van der Waals surface area contributed by atoms with Gasteiger partial charge in [-0.2, -0.15) is 0 Å². The van der Waals surface area contributed by atoms with Gasteiger partial charge in [0, 0.05) is 0 Å². The Balaban J connectivity index is 0. The zero-order chi connectivity index (χ0) is 12.3. The van der Waals surface area contributed by atoms with Crippen LogP contribution < -0.4 is 0 Å². The summed E-state index contributed by atoms with van der Waals surface area (Å²) in [5.41, 5.74) is 4.17. The summed E-state index contributed by atoms with van der Waals surface area (Å²) in [4.78, 5) is 0. The number of hydrogen-bond donors (Lipinski definition) is 0. The van der Waals surface area contributed by atoms with Gasteiger partial charge in [0.1, 0.15) is 0 Å². The number of hydrogen-bond acceptors (Lipinski definition) is 0. The van der Waals surface area contributed by atoms with Crippen molar-refractivity contribution in [2.24, 2.45) is 0 Å². The summed E-state index contributed by atoms with van der Waals surface area (Å²) in [5.74, 6) is 0. The number of allylic oxidation sites excluding steroid dienone is 2. The van der Waals surface area contributed by atoms with Crippen molar-refractivity contribution in [2.75, 3.05) is 0 Å². The summed E-state index contributed by atoms with van der Waals surface area (Å²) < 4.78 is 0. The third kappa shape index (κ3) is 13.0. The van der Waals surface area contributed by atoms with Crippen LogP contribution in [0, 0.1) is 6.92 Å². The zero-order valence-corrected chi connectivity index (χ0v) is 11.4. The third-order valence-electron chi connectivity index (χ3n) is 1.94. The van der Waals surface area contributed by atoms with Gasteiger partial charge in [-0.3, -0.25) is 0 Å². The molecule has 0 aliphatic rings. The highest BCUT2D eigenvalue weighted by molar-refractivity contribution is 5.11. The van der Waals surface area contributed by atoms with Crippen molar-refractivity contribution in [1.29, 1.82) is 0 Å². The lowest BCUT2D eigenvalue weighted by atomic mass is 10.2. The van der Waals surface area contributed by atoms with Crippen LogP contribution in [0.1, 0.15) is 47.1 Å². The van der Waals surface area contributed by atoms with Crippen LogP contribution in [0.4, 0.5) is 0 Å². The van der Waals surface area contributed by atoms with Crippen molar-refractivity contribution in [1.82, 2.24) is 0 Å². The monoisotopic (exact) mass is 206 g/mol. The third-order valence-corrected chi connectivity index (χ3v) is 1.94. The van der Waals surface area contributed by atoms with Crippen molar-refractivity contribution in [3.63, 3.8) is 0 Å². The Labute approximate surface area is 96.0 Å².